The van der Waals surface area contributed by atoms with Crippen molar-refractivity contribution in [2.75, 3.05) is 0 Å². The number of pyridine rings is 1. The SMILES string of the molecule is CC1(C)c2ccccc2-c2cc3c4cnccc4n(-c4cccc(-c5ccc6c(=O)c7ccccc7oc6c5)c4)c3cc21. The molecule has 0 bridgehead atoms. The zero-order valence-electron chi connectivity index (χ0n) is 23.8. The van der Waals surface area contributed by atoms with E-state index in [1.165, 1.54) is 27.6 Å². The van der Waals surface area contributed by atoms with Crippen LogP contribution in [-0.2, 0) is 5.41 Å². The van der Waals surface area contributed by atoms with Gasteiger partial charge in [-0.3, -0.25) is 9.78 Å². The van der Waals surface area contributed by atoms with Crippen LogP contribution < -0.4 is 5.43 Å². The number of para-hydroxylation sites is 1. The molecule has 0 spiro atoms. The Hall–Kier alpha value is -5.48. The van der Waals surface area contributed by atoms with Gasteiger partial charge in [0.25, 0.3) is 0 Å². The Morgan fingerprint density at radius 1 is 0.628 bits per heavy atom. The minimum Gasteiger partial charge on any atom is -0.456 e. The Morgan fingerprint density at radius 2 is 1.44 bits per heavy atom. The zero-order valence-corrected chi connectivity index (χ0v) is 23.8. The third-order valence-corrected chi connectivity index (χ3v) is 9.29. The van der Waals surface area contributed by atoms with Gasteiger partial charge in [0.05, 0.1) is 21.8 Å². The van der Waals surface area contributed by atoms with Gasteiger partial charge in [0, 0.05) is 34.3 Å². The van der Waals surface area contributed by atoms with E-state index in [1.807, 2.05) is 54.9 Å². The molecule has 1 aliphatic rings. The zero-order chi connectivity index (χ0) is 28.9. The van der Waals surface area contributed by atoms with Gasteiger partial charge in [-0.2, -0.15) is 0 Å². The maximum absolute atomic E-state index is 13.1. The van der Waals surface area contributed by atoms with E-state index in [1.54, 1.807) is 0 Å². The van der Waals surface area contributed by atoms with Crippen LogP contribution in [0.3, 0.4) is 0 Å². The summed E-state index contributed by atoms with van der Waals surface area (Å²) < 4.78 is 8.53. The number of aromatic nitrogens is 2. The molecular formula is C39H26N2O2. The van der Waals surface area contributed by atoms with E-state index in [0.717, 1.165) is 33.2 Å². The number of nitrogens with zero attached hydrogens (tertiary/aromatic N) is 2. The molecule has 0 unspecified atom stereocenters. The molecule has 204 valence electrons. The van der Waals surface area contributed by atoms with Gasteiger partial charge in [-0.1, -0.05) is 68.4 Å². The average molecular weight is 555 g/mol. The van der Waals surface area contributed by atoms with E-state index in [-0.39, 0.29) is 10.8 Å². The van der Waals surface area contributed by atoms with Crippen LogP contribution in [0.5, 0.6) is 0 Å². The molecule has 0 amide bonds. The van der Waals surface area contributed by atoms with E-state index in [4.69, 9.17) is 4.42 Å². The van der Waals surface area contributed by atoms with Crippen molar-refractivity contribution in [2.45, 2.75) is 19.3 Å². The van der Waals surface area contributed by atoms with Crippen LogP contribution in [0.2, 0.25) is 0 Å². The highest BCUT2D eigenvalue weighted by molar-refractivity contribution is 6.11. The lowest BCUT2D eigenvalue weighted by atomic mass is 9.82. The van der Waals surface area contributed by atoms with Crippen LogP contribution in [0.4, 0.5) is 0 Å². The molecule has 3 heterocycles. The first-order valence-corrected chi connectivity index (χ1v) is 14.6. The summed E-state index contributed by atoms with van der Waals surface area (Å²) in [4.78, 5) is 17.6. The molecule has 0 atom stereocenters. The third kappa shape index (κ3) is 3.32. The fourth-order valence-electron chi connectivity index (χ4n) is 7.14. The standard InChI is InChI=1S/C39H26N2O2/c1-39(2)32-12-5-3-10-26(32)29-20-30-31-22-40-17-16-34(31)41(35(30)21-33(29)39)25-9-7-8-23(18-25)24-14-15-28-37(19-24)43-36-13-6-4-11-27(36)38(28)42/h3-22H,1-2H3. The van der Waals surface area contributed by atoms with Crippen LogP contribution in [-0.4, -0.2) is 9.55 Å². The second kappa shape index (κ2) is 8.52. The normalized spacial score (nSPS) is 13.6. The second-order valence-corrected chi connectivity index (χ2v) is 12.0. The Labute approximate surface area is 247 Å². The van der Waals surface area contributed by atoms with Gasteiger partial charge in [0.1, 0.15) is 11.2 Å². The first-order valence-electron chi connectivity index (χ1n) is 14.6. The number of benzene rings is 5. The quantitative estimate of drug-likeness (QED) is 0.200. The van der Waals surface area contributed by atoms with Gasteiger partial charge in [0.15, 0.2) is 0 Å². The highest BCUT2D eigenvalue weighted by Gasteiger charge is 2.36. The molecule has 0 fully saturated rings. The Morgan fingerprint density at radius 3 is 2.37 bits per heavy atom. The fourth-order valence-corrected chi connectivity index (χ4v) is 7.14. The van der Waals surface area contributed by atoms with Crippen LogP contribution in [0.1, 0.15) is 25.0 Å². The van der Waals surface area contributed by atoms with Gasteiger partial charge in [-0.15, -0.1) is 0 Å². The summed E-state index contributed by atoms with van der Waals surface area (Å²) in [5.74, 6) is 0. The lowest BCUT2D eigenvalue weighted by Gasteiger charge is -2.21. The summed E-state index contributed by atoms with van der Waals surface area (Å²) in [7, 11) is 0. The van der Waals surface area contributed by atoms with Crippen molar-refractivity contribution in [3.63, 3.8) is 0 Å². The maximum Gasteiger partial charge on any atom is 0.200 e. The Kier molecular flexibility index (Phi) is 4.79. The lowest BCUT2D eigenvalue weighted by molar-refractivity contribution is 0.660. The maximum atomic E-state index is 13.1. The smallest absolute Gasteiger partial charge is 0.200 e. The Bertz CT molecular complexity index is 2510. The van der Waals surface area contributed by atoms with Crippen LogP contribution in [0.25, 0.3) is 71.7 Å². The molecule has 0 N–H and O–H groups in total. The van der Waals surface area contributed by atoms with E-state index < -0.39 is 0 Å². The molecular weight excluding hydrogens is 528 g/mol. The van der Waals surface area contributed by atoms with Crippen molar-refractivity contribution in [3.05, 3.63) is 143 Å². The van der Waals surface area contributed by atoms with Gasteiger partial charge in [-0.25, -0.2) is 0 Å². The summed E-state index contributed by atoms with van der Waals surface area (Å²) in [5, 5.41) is 3.51. The molecule has 9 rings (SSSR count). The highest BCUT2D eigenvalue weighted by Crippen LogP contribution is 2.50. The van der Waals surface area contributed by atoms with Crippen LogP contribution in [0, 0.1) is 0 Å². The molecule has 4 heteroatoms. The summed E-state index contributed by atoms with van der Waals surface area (Å²) in [5.41, 5.74) is 11.8. The molecule has 43 heavy (non-hydrogen) atoms. The molecule has 4 nitrogen and oxygen atoms in total. The predicted molar refractivity (Wildman–Crippen MR) is 175 cm³/mol. The molecule has 0 radical (unpaired) electrons. The minimum absolute atomic E-state index is 0.00588. The molecule has 8 aromatic rings. The van der Waals surface area contributed by atoms with Gasteiger partial charge < -0.3 is 8.98 Å². The third-order valence-electron chi connectivity index (χ3n) is 9.29. The monoisotopic (exact) mass is 554 g/mol. The highest BCUT2D eigenvalue weighted by atomic mass is 16.3. The van der Waals surface area contributed by atoms with Crippen molar-refractivity contribution >= 4 is 43.7 Å². The van der Waals surface area contributed by atoms with Crippen molar-refractivity contribution in [2.24, 2.45) is 0 Å². The van der Waals surface area contributed by atoms with Crippen molar-refractivity contribution in [1.29, 1.82) is 0 Å². The molecule has 0 aliphatic heterocycles. The summed E-state index contributed by atoms with van der Waals surface area (Å²) >= 11 is 0. The van der Waals surface area contributed by atoms with Gasteiger partial charge in [-0.05, 0) is 88.0 Å². The molecule has 5 aromatic carbocycles. The summed E-state index contributed by atoms with van der Waals surface area (Å²) in [6.07, 6.45) is 3.84. The largest absolute Gasteiger partial charge is 0.456 e. The second-order valence-electron chi connectivity index (χ2n) is 12.0. The molecule has 0 saturated carbocycles. The number of hydrogen-bond acceptors (Lipinski definition) is 3. The van der Waals surface area contributed by atoms with E-state index in [9.17, 15) is 4.79 Å². The number of fused-ring (bicyclic) bond motifs is 8. The van der Waals surface area contributed by atoms with Gasteiger partial charge >= 0.3 is 0 Å². The van der Waals surface area contributed by atoms with E-state index >= 15 is 0 Å². The van der Waals surface area contributed by atoms with Crippen LogP contribution >= 0.6 is 0 Å². The summed E-state index contributed by atoms with van der Waals surface area (Å²) in [6, 6.07) is 37.5. The number of hydrogen-bond donors (Lipinski definition) is 0. The molecule has 1 aliphatic carbocycles. The predicted octanol–water partition coefficient (Wildman–Crippen LogP) is 9.41. The first kappa shape index (κ1) is 24.2. The fraction of sp³-hybridized carbons (Fsp3) is 0.0769. The Balaban J connectivity index is 1.26. The topological polar surface area (TPSA) is 48.0 Å². The first-order chi connectivity index (χ1) is 21.0. The molecule has 3 aromatic heterocycles. The number of rotatable bonds is 2. The van der Waals surface area contributed by atoms with Crippen LogP contribution in [0.15, 0.2) is 131 Å². The van der Waals surface area contributed by atoms with E-state index in [0.29, 0.717) is 21.9 Å². The van der Waals surface area contributed by atoms with Crippen molar-refractivity contribution in [1.82, 2.24) is 9.55 Å². The van der Waals surface area contributed by atoms with Crippen molar-refractivity contribution in [3.8, 4) is 27.9 Å². The van der Waals surface area contributed by atoms with E-state index in [2.05, 4.69) is 90.1 Å². The van der Waals surface area contributed by atoms with Gasteiger partial charge in [0.2, 0.25) is 5.43 Å². The minimum atomic E-state index is -0.0965. The lowest BCUT2D eigenvalue weighted by Crippen LogP contribution is -2.14. The summed E-state index contributed by atoms with van der Waals surface area (Å²) in [6.45, 7) is 4.64. The average Bonchev–Trinajstić information content (AvgIpc) is 3.48. The van der Waals surface area contributed by atoms with Crippen molar-refractivity contribution < 1.29 is 4.42 Å². The molecule has 0 saturated heterocycles.